The van der Waals surface area contributed by atoms with Crippen LogP contribution in [0.25, 0.3) is 21.3 Å². The van der Waals surface area contributed by atoms with Crippen LogP contribution in [0.4, 0.5) is 0 Å². The second-order valence-electron chi connectivity index (χ2n) is 6.98. The second-order valence-corrected chi connectivity index (χ2v) is 7.84. The highest BCUT2D eigenvalue weighted by molar-refractivity contribution is 7.17. The number of aryl methyl sites for hydroxylation is 3. The molecule has 28 heavy (non-hydrogen) atoms. The summed E-state index contributed by atoms with van der Waals surface area (Å²) in [5, 5.41) is 14.6. The zero-order valence-corrected chi connectivity index (χ0v) is 17.0. The highest BCUT2D eigenvalue weighted by atomic mass is 32.1. The fourth-order valence-corrected chi connectivity index (χ4v) is 4.08. The summed E-state index contributed by atoms with van der Waals surface area (Å²) in [6, 6.07) is 6.27. The molecule has 0 N–H and O–H groups in total. The van der Waals surface area contributed by atoms with Gasteiger partial charge in [0.2, 0.25) is 0 Å². The van der Waals surface area contributed by atoms with Crippen molar-refractivity contribution in [2.24, 2.45) is 0 Å². The predicted octanol–water partition coefficient (Wildman–Crippen LogP) is 3.58. The molecule has 0 aliphatic rings. The van der Waals surface area contributed by atoms with E-state index in [-0.39, 0.29) is 5.56 Å². The van der Waals surface area contributed by atoms with Crippen LogP contribution in [0.3, 0.4) is 0 Å². The fourth-order valence-electron chi connectivity index (χ4n) is 3.17. The number of aromatic nitrogens is 6. The van der Waals surface area contributed by atoms with Crippen molar-refractivity contribution in [2.45, 2.75) is 46.7 Å². The third kappa shape index (κ3) is 3.35. The number of unbranched alkanes of at least 4 members (excludes halogenated alkanes) is 1. The Morgan fingerprint density at radius 1 is 1.18 bits per heavy atom. The van der Waals surface area contributed by atoms with Crippen molar-refractivity contribution in [2.75, 3.05) is 0 Å². The van der Waals surface area contributed by atoms with E-state index in [1.807, 2.05) is 5.38 Å². The van der Waals surface area contributed by atoms with Gasteiger partial charge in [0, 0.05) is 17.5 Å². The van der Waals surface area contributed by atoms with Crippen LogP contribution in [0, 0.1) is 13.8 Å². The van der Waals surface area contributed by atoms with Gasteiger partial charge in [-0.15, -0.1) is 16.4 Å². The summed E-state index contributed by atoms with van der Waals surface area (Å²) in [6.07, 6.45) is 3.64. The first-order valence-electron chi connectivity index (χ1n) is 9.37. The van der Waals surface area contributed by atoms with E-state index in [1.54, 1.807) is 15.6 Å². The molecule has 0 aliphatic carbocycles. The maximum absolute atomic E-state index is 13.2. The molecule has 144 valence electrons. The zero-order valence-electron chi connectivity index (χ0n) is 16.2. The van der Waals surface area contributed by atoms with Gasteiger partial charge in [0.1, 0.15) is 4.83 Å². The Balaban J connectivity index is 1.76. The van der Waals surface area contributed by atoms with Crippen molar-refractivity contribution in [3.05, 3.63) is 57.2 Å². The van der Waals surface area contributed by atoms with Crippen LogP contribution < -0.4 is 5.56 Å². The Hall–Kier alpha value is -2.87. The van der Waals surface area contributed by atoms with Gasteiger partial charge in [0.05, 0.1) is 18.3 Å². The number of tetrazole rings is 1. The van der Waals surface area contributed by atoms with Crippen LogP contribution in [0.1, 0.15) is 36.7 Å². The number of benzene rings is 1. The summed E-state index contributed by atoms with van der Waals surface area (Å²) in [5.74, 6) is 0.666. The molecular weight excluding hydrogens is 372 g/mol. The van der Waals surface area contributed by atoms with Crippen LogP contribution in [-0.4, -0.2) is 29.8 Å². The zero-order chi connectivity index (χ0) is 19.7. The summed E-state index contributed by atoms with van der Waals surface area (Å²) in [6.45, 7) is 7.34. The molecule has 0 spiro atoms. The quantitative estimate of drug-likeness (QED) is 0.499. The molecule has 7 nitrogen and oxygen atoms in total. The molecular formula is C20H22N6OS. The maximum atomic E-state index is 13.2. The smallest absolute Gasteiger partial charge is 0.263 e. The van der Waals surface area contributed by atoms with E-state index in [1.165, 1.54) is 22.5 Å². The molecule has 1 aromatic carbocycles. The number of rotatable bonds is 6. The standard InChI is InChI=1S/C20H22N6OS/c1-4-5-8-26-17(22-23-24-26)10-25-12-21-19-18(20(25)27)16(11-28-19)15-7-6-13(2)14(3)9-15/h6-7,9,11-12H,4-5,8,10H2,1-3H3. The fraction of sp³-hybridized carbons (Fsp3) is 0.350. The average molecular weight is 395 g/mol. The molecule has 4 aromatic rings. The second kappa shape index (κ2) is 7.63. The third-order valence-electron chi connectivity index (χ3n) is 5.02. The first-order valence-corrected chi connectivity index (χ1v) is 10.3. The molecule has 0 radical (unpaired) electrons. The van der Waals surface area contributed by atoms with Gasteiger partial charge in [-0.2, -0.15) is 0 Å². The van der Waals surface area contributed by atoms with Crippen molar-refractivity contribution in [1.29, 1.82) is 0 Å². The largest absolute Gasteiger partial charge is 0.291 e. The molecule has 3 aromatic heterocycles. The summed E-state index contributed by atoms with van der Waals surface area (Å²) < 4.78 is 3.35. The summed E-state index contributed by atoms with van der Waals surface area (Å²) >= 11 is 1.49. The van der Waals surface area contributed by atoms with Gasteiger partial charge in [-0.1, -0.05) is 31.5 Å². The molecule has 0 aliphatic heterocycles. The highest BCUT2D eigenvalue weighted by Crippen LogP contribution is 2.31. The monoisotopic (exact) mass is 394 g/mol. The van der Waals surface area contributed by atoms with E-state index in [2.05, 4.69) is 59.5 Å². The summed E-state index contributed by atoms with van der Waals surface area (Å²) in [5.41, 5.74) is 4.35. The van der Waals surface area contributed by atoms with E-state index in [9.17, 15) is 4.79 Å². The lowest BCUT2D eigenvalue weighted by Gasteiger charge is -2.08. The van der Waals surface area contributed by atoms with Crippen LogP contribution in [0.2, 0.25) is 0 Å². The van der Waals surface area contributed by atoms with Crippen molar-refractivity contribution < 1.29 is 0 Å². The van der Waals surface area contributed by atoms with Gasteiger partial charge < -0.3 is 0 Å². The van der Waals surface area contributed by atoms with Gasteiger partial charge in [-0.25, -0.2) is 9.67 Å². The number of hydrogen-bond donors (Lipinski definition) is 0. The minimum absolute atomic E-state index is 0.0653. The molecule has 0 amide bonds. The number of nitrogens with zero attached hydrogens (tertiary/aromatic N) is 6. The molecule has 0 saturated heterocycles. The molecule has 0 unspecified atom stereocenters. The Morgan fingerprint density at radius 2 is 2.04 bits per heavy atom. The van der Waals surface area contributed by atoms with E-state index in [0.717, 1.165) is 35.3 Å². The number of hydrogen-bond acceptors (Lipinski definition) is 6. The minimum atomic E-state index is -0.0653. The average Bonchev–Trinajstić information content (AvgIpc) is 3.31. The lowest BCUT2D eigenvalue weighted by atomic mass is 10.0. The van der Waals surface area contributed by atoms with Crippen LogP contribution >= 0.6 is 11.3 Å². The number of thiophene rings is 1. The van der Waals surface area contributed by atoms with Crippen LogP contribution in [-0.2, 0) is 13.1 Å². The van der Waals surface area contributed by atoms with Gasteiger partial charge in [0.15, 0.2) is 5.82 Å². The number of fused-ring (bicyclic) bond motifs is 1. The molecule has 0 bridgehead atoms. The molecule has 0 atom stereocenters. The third-order valence-corrected chi connectivity index (χ3v) is 5.91. The van der Waals surface area contributed by atoms with E-state index < -0.39 is 0 Å². The Kier molecular flexibility index (Phi) is 5.04. The van der Waals surface area contributed by atoms with Gasteiger partial charge in [-0.05, 0) is 47.4 Å². The first kappa shape index (κ1) is 18.5. The normalized spacial score (nSPS) is 11.4. The van der Waals surface area contributed by atoms with E-state index in [0.29, 0.717) is 17.8 Å². The summed E-state index contributed by atoms with van der Waals surface area (Å²) in [4.78, 5) is 18.5. The molecule has 0 fully saturated rings. The summed E-state index contributed by atoms with van der Waals surface area (Å²) in [7, 11) is 0. The molecule has 8 heteroatoms. The van der Waals surface area contributed by atoms with Gasteiger partial charge >= 0.3 is 0 Å². The lowest BCUT2D eigenvalue weighted by Crippen LogP contribution is -2.23. The maximum Gasteiger partial charge on any atom is 0.263 e. The van der Waals surface area contributed by atoms with Crippen molar-refractivity contribution in [3.8, 4) is 11.1 Å². The van der Waals surface area contributed by atoms with Gasteiger partial charge in [0.25, 0.3) is 5.56 Å². The van der Waals surface area contributed by atoms with E-state index in [4.69, 9.17) is 0 Å². The van der Waals surface area contributed by atoms with Crippen molar-refractivity contribution >= 4 is 21.6 Å². The molecule has 0 saturated carbocycles. The Morgan fingerprint density at radius 3 is 2.82 bits per heavy atom. The van der Waals surface area contributed by atoms with E-state index >= 15 is 0 Å². The molecule has 4 rings (SSSR count). The first-order chi connectivity index (χ1) is 13.6. The van der Waals surface area contributed by atoms with Crippen molar-refractivity contribution in [1.82, 2.24) is 29.8 Å². The van der Waals surface area contributed by atoms with Crippen molar-refractivity contribution in [3.63, 3.8) is 0 Å². The minimum Gasteiger partial charge on any atom is -0.291 e. The predicted molar refractivity (Wildman–Crippen MR) is 111 cm³/mol. The highest BCUT2D eigenvalue weighted by Gasteiger charge is 2.15. The van der Waals surface area contributed by atoms with Crippen LogP contribution in [0.5, 0.6) is 0 Å². The Labute approximate surface area is 166 Å². The topological polar surface area (TPSA) is 78.5 Å². The Bertz CT molecular complexity index is 1190. The lowest BCUT2D eigenvalue weighted by molar-refractivity contribution is 0.521. The van der Waals surface area contributed by atoms with Crippen LogP contribution in [0.15, 0.2) is 34.7 Å². The SMILES string of the molecule is CCCCn1nnnc1Cn1cnc2scc(-c3ccc(C)c(C)c3)c2c1=O. The van der Waals surface area contributed by atoms with Gasteiger partial charge in [-0.3, -0.25) is 9.36 Å². The molecule has 3 heterocycles.